The first-order valence-corrected chi connectivity index (χ1v) is 8.34. The van der Waals surface area contributed by atoms with Crippen LogP contribution in [0.2, 0.25) is 0 Å². The van der Waals surface area contributed by atoms with Gasteiger partial charge < -0.3 is 5.11 Å². The van der Waals surface area contributed by atoms with Gasteiger partial charge in [0.2, 0.25) is 0 Å². The van der Waals surface area contributed by atoms with Crippen molar-refractivity contribution in [2.24, 2.45) is 5.92 Å². The van der Waals surface area contributed by atoms with Crippen LogP contribution in [0.1, 0.15) is 31.3 Å². The summed E-state index contributed by atoms with van der Waals surface area (Å²) in [5, 5.41) is 14.7. The van der Waals surface area contributed by atoms with Gasteiger partial charge in [0.25, 0.3) is 0 Å². The lowest BCUT2D eigenvalue weighted by Crippen LogP contribution is -2.14. The highest BCUT2D eigenvalue weighted by Gasteiger charge is 2.16. The third-order valence-electron chi connectivity index (χ3n) is 2.93. The van der Waals surface area contributed by atoms with Crippen LogP contribution < -0.4 is 0 Å². The van der Waals surface area contributed by atoms with Gasteiger partial charge in [0.1, 0.15) is 12.2 Å². The Labute approximate surface area is 140 Å². The van der Waals surface area contributed by atoms with Crippen molar-refractivity contribution in [2.45, 2.75) is 32.9 Å². The molecule has 108 valence electrons. The maximum Gasteiger partial charge on any atom is 0.138 e. The van der Waals surface area contributed by atoms with Crippen molar-refractivity contribution >= 4 is 38.5 Å². The predicted octanol–water partition coefficient (Wildman–Crippen LogP) is 3.58. The van der Waals surface area contributed by atoms with E-state index in [9.17, 15) is 5.11 Å². The summed E-state index contributed by atoms with van der Waals surface area (Å²) >= 11 is 5.68. The van der Waals surface area contributed by atoms with Crippen LogP contribution >= 0.6 is 38.5 Å². The minimum absolute atomic E-state index is 0.471. The predicted molar refractivity (Wildman–Crippen MR) is 90.4 cm³/mol. The first-order chi connectivity index (χ1) is 9.47. The molecule has 1 N–H and O–H groups in total. The summed E-state index contributed by atoms with van der Waals surface area (Å²) in [6, 6.07) is 5.91. The smallest absolute Gasteiger partial charge is 0.138 e. The lowest BCUT2D eigenvalue weighted by atomic mass is 10.1. The molecule has 0 saturated heterocycles. The number of benzene rings is 1. The number of halogens is 2. The summed E-state index contributed by atoms with van der Waals surface area (Å²) in [6.45, 7) is 5.09. The van der Waals surface area contributed by atoms with Gasteiger partial charge in [0.15, 0.2) is 0 Å². The quantitative estimate of drug-likeness (QED) is 0.710. The highest BCUT2D eigenvalue weighted by atomic mass is 127. The molecule has 1 aromatic carbocycles. The van der Waals surface area contributed by atoms with Gasteiger partial charge in [0.05, 0.1) is 6.10 Å². The molecule has 1 aromatic heterocycles. The second-order valence-corrected chi connectivity index (χ2v) is 7.22. The van der Waals surface area contributed by atoms with Gasteiger partial charge in [-0.05, 0) is 52.3 Å². The van der Waals surface area contributed by atoms with Crippen molar-refractivity contribution in [3.63, 3.8) is 0 Å². The molecule has 4 nitrogen and oxygen atoms in total. The highest BCUT2D eigenvalue weighted by molar-refractivity contribution is 14.1. The van der Waals surface area contributed by atoms with Crippen LogP contribution in [-0.4, -0.2) is 19.9 Å². The second kappa shape index (κ2) is 7.00. The number of hydrogen-bond acceptors (Lipinski definition) is 3. The van der Waals surface area contributed by atoms with Crippen LogP contribution in [0.4, 0.5) is 0 Å². The van der Waals surface area contributed by atoms with Gasteiger partial charge in [-0.1, -0.05) is 29.8 Å². The molecule has 1 heterocycles. The minimum Gasteiger partial charge on any atom is -0.388 e. The Morgan fingerprint density at radius 3 is 2.85 bits per heavy atom. The maximum absolute atomic E-state index is 10.4. The van der Waals surface area contributed by atoms with E-state index in [1.165, 1.54) is 0 Å². The van der Waals surface area contributed by atoms with E-state index in [1.54, 1.807) is 6.33 Å². The molecule has 1 unspecified atom stereocenters. The molecule has 0 fully saturated rings. The summed E-state index contributed by atoms with van der Waals surface area (Å²) in [4.78, 5) is 4.26. The summed E-state index contributed by atoms with van der Waals surface area (Å²) in [5.74, 6) is 1.32. The topological polar surface area (TPSA) is 50.9 Å². The van der Waals surface area contributed by atoms with Crippen molar-refractivity contribution in [3.8, 4) is 0 Å². The van der Waals surface area contributed by atoms with Crippen molar-refractivity contribution < 1.29 is 5.11 Å². The van der Waals surface area contributed by atoms with E-state index in [4.69, 9.17) is 0 Å². The standard InChI is InChI=1S/C14H17BrIN3O/c1-9(2)7-19-14(17-8-18-19)6-13(20)11-5-10(15)3-4-12(11)16/h3-5,8-9,13,20H,6-7H2,1-2H3. The van der Waals surface area contributed by atoms with Gasteiger partial charge >= 0.3 is 0 Å². The van der Waals surface area contributed by atoms with Crippen LogP contribution in [0, 0.1) is 9.49 Å². The fourth-order valence-electron chi connectivity index (χ4n) is 2.00. The van der Waals surface area contributed by atoms with E-state index in [-0.39, 0.29) is 0 Å². The van der Waals surface area contributed by atoms with Crippen molar-refractivity contribution in [1.82, 2.24) is 14.8 Å². The first kappa shape index (κ1) is 15.9. The Bertz CT molecular complexity index is 586. The zero-order valence-corrected chi connectivity index (χ0v) is 15.2. The fraction of sp³-hybridized carbons (Fsp3) is 0.429. The zero-order valence-electron chi connectivity index (χ0n) is 11.4. The Morgan fingerprint density at radius 2 is 2.15 bits per heavy atom. The summed E-state index contributed by atoms with van der Waals surface area (Å²) < 4.78 is 3.89. The molecule has 1 atom stereocenters. The molecule has 2 aromatic rings. The van der Waals surface area contributed by atoms with Crippen LogP contribution in [-0.2, 0) is 13.0 Å². The number of aromatic nitrogens is 3. The molecule has 2 rings (SSSR count). The van der Waals surface area contributed by atoms with Crippen LogP contribution in [0.5, 0.6) is 0 Å². The van der Waals surface area contributed by atoms with Gasteiger partial charge in [-0.15, -0.1) is 0 Å². The van der Waals surface area contributed by atoms with E-state index in [0.29, 0.717) is 12.3 Å². The molecule has 0 aliphatic rings. The lowest BCUT2D eigenvalue weighted by molar-refractivity contribution is 0.172. The van der Waals surface area contributed by atoms with E-state index < -0.39 is 6.10 Å². The molecule has 0 aliphatic carbocycles. The third-order valence-corrected chi connectivity index (χ3v) is 4.40. The molecule has 0 amide bonds. The van der Waals surface area contributed by atoms with E-state index in [0.717, 1.165) is 26.0 Å². The fourth-order valence-corrected chi connectivity index (χ4v) is 3.07. The third kappa shape index (κ3) is 4.02. The molecule has 0 saturated carbocycles. The lowest BCUT2D eigenvalue weighted by Gasteiger charge is -2.14. The minimum atomic E-state index is -0.575. The Morgan fingerprint density at radius 1 is 1.40 bits per heavy atom. The van der Waals surface area contributed by atoms with Crippen LogP contribution in [0.3, 0.4) is 0 Å². The summed E-state index contributed by atoms with van der Waals surface area (Å²) in [7, 11) is 0. The number of aliphatic hydroxyl groups is 1. The second-order valence-electron chi connectivity index (χ2n) is 5.14. The van der Waals surface area contributed by atoms with Crippen molar-refractivity contribution in [2.75, 3.05) is 0 Å². The monoisotopic (exact) mass is 449 g/mol. The average molecular weight is 450 g/mol. The van der Waals surface area contributed by atoms with Crippen molar-refractivity contribution in [3.05, 3.63) is 44.0 Å². The Balaban J connectivity index is 2.17. The van der Waals surface area contributed by atoms with Crippen LogP contribution in [0.15, 0.2) is 29.0 Å². The van der Waals surface area contributed by atoms with Gasteiger partial charge in [-0.25, -0.2) is 9.67 Å². The van der Waals surface area contributed by atoms with Crippen LogP contribution in [0.25, 0.3) is 0 Å². The highest BCUT2D eigenvalue weighted by Crippen LogP contribution is 2.26. The molecular formula is C14H17BrIN3O. The number of nitrogens with zero attached hydrogens (tertiary/aromatic N) is 3. The Hall–Kier alpha value is -0.470. The zero-order chi connectivity index (χ0) is 14.7. The first-order valence-electron chi connectivity index (χ1n) is 6.47. The molecule has 0 aliphatic heterocycles. The number of hydrogen-bond donors (Lipinski definition) is 1. The number of rotatable bonds is 5. The van der Waals surface area contributed by atoms with E-state index in [2.05, 4.69) is 62.5 Å². The van der Waals surface area contributed by atoms with Gasteiger partial charge in [-0.3, -0.25) is 0 Å². The van der Waals surface area contributed by atoms with E-state index >= 15 is 0 Å². The summed E-state index contributed by atoms with van der Waals surface area (Å²) in [6.07, 6.45) is 1.45. The van der Waals surface area contributed by atoms with Gasteiger partial charge in [0, 0.05) is 21.0 Å². The van der Waals surface area contributed by atoms with E-state index in [1.807, 2.05) is 22.9 Å². The van der Waals surface area contributed by atoms with Gasteiger partial charge in [-0.2, -0.15) is 5.10 Å². The SMILES string of the molecule is CC(C)Cn1ncnc1CC(O)c1cc(Br)ccc1I. The molecule has 6 heteroatoms. The number of aliphatic hydroxyl groups excluding tert-OH is 1. The molecule has 0 spiro atoms. The average Bonchev–Trinajstić information content (AvgIpc) is 2.78. The van der Waals surface area contributed by atoms with Crippen molar-refractivity contribution in [1.29, 1.82) is 0 Å². The maximum atomic E-state index is 10.4. The molecule has 0 radical (unpaired) electrons. The Kier molecular flexibility index (Phi) is 5.57. The molecule has 20 heavy (non-hydrogen) atoms. The normalized spacial score (nSPS) is 12.9. The molecular weight excluding hydrogens is 433 g/mol. The largest absolute Gasteiger partial charge is 0.388 e. The summed E-state index contributed by atoms with van der Waals surface area (Å²) in [5.41, 5.74) is 0.916. The molecule has 0 bridgehead atoms.